The van der Waals surface area contributed by atoms with Crippen molar-refractivity contribution in [2.75, 3.05) is 0 Å². The molecule has 0 saturated heterocycles. The van der Waals surface area contributed by atoms with Crippen LogP contribution < -0.4 is 0 Å². The molecule has 1 spiro atoms. The number of benzene rings is 2. The Kier molecular flexibility index (Phi) is 2.29. The van der Waals surface area contributed by atoms with Crippen LogP contribution in [0.1, 0.15) is 11.1 Å². The van der Waals surface area contributed by atoms with Gasteiger partial charge >= 0.3 is 0 Å². The molecule has 0 bridgehead atoms. The highest BCUT2D eigenvalue weighted by molar-refractivity contribution is 8.36. The van der Waals surface area contributed by atoms with Gasteiger partial charge in [-0.1, -0.05) is 47.8 Å². The average Bonchev–Trinajstić information content (AvgIpc) is 2.97. The molecule has 2 aliphatic rings. The first-order valence-corrected chi connectivity index (χ1v) is 8.29. The predicted octanol–water partition coefficient (Wildman–Crippen LogP) is 5.15. The van der Waals surface area contributed by atoms with Crippen molar-refractivity contribution in [1.82, 2.24) is 0 Å². The van der Waals surface area contributed by atoms with Crippen LogP contribution in [0.4, 0.5) is 0 Å². The summed E-state index contributed by atoms with van der Waals surface area (Å²) in [7, 11) is 0. The van der Waals surface area contributed by atoms with Gasteiger partial charge in [0, 0.05) is 5.75 Å². The topological polar surface area (TPSA) is 0 Å². The fraction of sp³-hybridized carbons (Fsp3) is 0.143. The highest BCUT2D eigenvalue weighted by Crippen LogP contribution is 2.65. The van der Waals surface area contributed by atoms with E-state index in [0.29, 0.717) is 0 Å². The molecule has 0 amide bonds. The second-order valence-electron chi connectivity index (χ2n) is 4.21. The Morgan fingerprint density at radius 2 is 1.65 bits per heavy atom. The van der Waals surface area contributed by atoms with Crippen LogP contribution in [0.5, 0.6) is 0 Å². The van der Waals surface area contributed by atoms with Crippen LogP contribution in [0.25, 0.3) is 10.8 Å². The smallest absolute Gasteiger partial charge is 0.123 e. The Balaban J connectivity index is 1.97. The molecule has 0 aliphatic carbocycles. The second kappa shape index (κ2) is 3.74. The molecule has 0 atom stereocenters. The highest BCUT2D eigenvalue weighted by Gasteiger charge is 2.42. The largest absolute Gasteiger partial charge is 0.140 e. The van der Waals surface area contributed by atoms with Gasteiger partial charge in [-0.05, 0) is 44.8 Å². The van der Waals surface area contributed by atoms with E-state index in [9.17, 15) is 0 Å². The van der Waals surface area contributed by atoms with E-state index >= 15 is 0 Å². The van der Waals surface area contributed by atoms with Crippen LogP contribution >= 0.6 is 35.3 Å². The second-order valence-corrected chi connectivity index (χ2v) is 8.41. The summed E-state index contributed by atoms with van der Waals surface area (Å²) in [5.74, 6) is 1.14. The zero-order valence-electron chi connectivity index (χ0n) is 9.05. The summed E-state index contributed by atoms with van der Waals surface area (Å²) in [5.41, 5.74) is 3.03. The molecule has 0 saturated carbocycles. The van der Waals surface area contributed by atoms with Gasteiger partial charge in [-0.2, -0.15) is 0 Å². The van der Waals surface area contributed by atoms with Crippen molar-refractivity contribution < 1.29 is 0 Å². The fourth-order valence-electron chi connectivity index (χ4n) is 2.40. The van der Waals surface area contributed by atoms with Crippen molar-refractivity contribution in [2.45, 2.75) is 9.16 Å². The number of thioether (sulfide) groups is 3. The van der Waals surface area contributed by atoms with Gasteiger partial charge in [0.05, 0.1) is 0 Å². The minimum absolute atomic E-state index is 0.208. The third-order valence-electron chi connectivity index (χ3n) is 3.22. The van der Waals surface area contributed by atoms with E-state index in [1.807, 2.05) is 23.5 Å². The Morgan fingerprint density at radius 3 is 2.41 bits per heavy atom. The van der Waals surface area contributed by atoms with Crippen LogP contribution in [0.2, 0.25) is 0 Å². The van der Waals surface area contributed by atoms with E-state index < -0.39 is 0 Å². The van der Waals surface area contributed by atoms with E-state index in [2.05, 4.69) is 59.0 Å². The molecule has 4 rings (SSSR count). The summed E-state index contributed by atoms with van der Waals surface area (Å²) in [6.45, 7) is 0. The first-order valence-electron chi connectivity index (χ1n) is 5.54. The number of fused-ring (bicyclic) bond motifs is 3. The Labute approximate surface area is 113 Å². The molecule has 2 heterocycles. The molecule has 17 heavy (non-hydrogen) atoms. The lowest BCUT2D eigenvalue weighted by Crippen LogP contribution is -2.04. The Hall–Kier alpha value is -0.510. The summed E-state index contributed by atoms with van der Waals surface area (Å²) < 4.78 is 0.208. The van der Waals surface area contributed by atoms with E-state index in [-0.39, 0.29) is 3.41 Å². The van der Waals surface area contributed by atoms with Gasteiger partial charge in [0.15, 0.2) is 0 Å². The van der Waals surface area contributed by atoms with Gasteiger partial charge in [0.2, 0.25) is 0 Å². The molecule has 0 aromatic heterocycles. The van der Waals surface area contributed by atoms with Gasteiger partial charge < -0.3 is 0 Å². The number of rotatable bonds is 0. The normalized spacial score (nSPS) is 20.2. The molecule has 2 aliphatic heterocycles. The molecular weight excluding hydrogens is 264 g/mol. The molecule has 2 aromatic rings. The first-order chi connectivity index (χ1) is 8.37. The van der Waals surface area contributed by atoms with Crippen LogP contribution in [-0.2, 0) is 9.16 Å². The highest BCUT2D eigenvalue weighted by atomic mass is 32.3. The predicted molar refractivity (Wildman–Crippen MR) is 81.2 cm³/mol. The van der Waals surface area contributed by atoms with Crippen LogP contribution in [0.15, 0.2) is 47.2 Å². The Bertz CT molecular complexity index is 622. The lowest BCUT2D eigenvalue weighted by molar-refractivity contribution is 1.31. The molecule has 0 N–H and O–H groups in total. The molecule has 0 nitrogen and oxygen atoms in total. The van der Waals surface area contributed by atoms with Gasteiger partial charge in [-0.25, -0.2) is 0 Å². The zero-order valence-corrected chi connectivity index (χ0v) is 11.5. The molecule has 0 fully saturated rings. The maximum atomic E-state index is 2.39. The molecule has 0 unspecified atom stereocenters. The summed E-state index contributed by atoms with van der Waals surface area (Å²) >= 11 is 5.95. The average molecular weight is 274 g/mol. The maximum absolute atomic E-state index is 2.39. The molecule has 3 heteroatoms. The lowest BCUT2D eigenvalue weighted by Gasteiger charge is -2.21. The first kappa shape index (κ1) is 10.4. The van der Waals surface area contributed by atoms with Crippen molar-refractivity contribution in [1.29, 1.82) is 0 Å². The van der Waals surface area contributed by atoms with Crippen LogP contribution in [-0.4, -0.2) is 0 Å². The Morgan fingerprint density at radius 1 is 0.941 bits per heavy atom. The molecule has 2 aromatic carbocycles. The van der Waals surface area contributed by atoms with E-state index in [4.69, 9.17) is 0 Å². The van der Waals surface area contributed by atoms with E-state index in [0.717, 1.165) is 5.75 Å². The van der Waals surface area contributed by atoms with Crippen molar-refractivity contribution in [3.8, 4) is 0 Å². The monoisotopic (exact) mass is 274 g/mol. The SMILES string of the molecule is C1=CSC2(S1)SCc1cc3ccccc3cc12. The van der Waals surface area contributed by atoms with Gasteiger partial charge in [-0.3, -0.25) is 0 Å². The van der Waals surface area contributed by atoms with Gasteiger partial charge in [-0.15, -0.1) is 11.8 Å². The summed E-state index contributed by atoms with van der Waals surface area (Å²) in [6, 6.07) is 13.4. The van der Waals surface area contributed by atoms with Gasteiger partial charge in [0.1, 0.15) is 3.41 Å². The standard InChI is InChI=1S/C14H10S3/c1-2-4-11-8-13-12(7-10(11)3-1)9-17-14(13)15-5-6-16-14/h1-8H,9H2. The summed E-state index contributed by atoms with van der Waals surface area (Å²) in [5, 5.41) is 7.18. The van der Waals surface area contributed by atoms with E-state index in [1.54, 1.807) is 0 Å². The van der Waals surface area contributed by atoms with Crippen molar-refractivity contribution in [2.24, 2.45) is 0 Å². The zero-order chi connectivity index (χ0) is 11.3. The third kappa shape index (κ3) is 1.49. The van der Waals surface area contributed by atoms with Crippen molar-refractivity contribution >= 4 is 46.1 Å². The number of hydrogen-bond donors (Lipinski definition) is 0. The third-order valence-corrected chi connectivity index (χ3v) is 7.92. The van der Waals surface area contributed by atoms with Gasteiger partial charge in [0.25, 0.3) is 0 Å². The minimum atomic E-state index is 0.208. The fourth-order valence-corrected chi connectivity index (χ4v) is 6.55. The van der Waals surface area contributed by atoms with Crippen molar-refractivity contribution in [3.63, 3.8) is 0 Å². The van der Waals surface area contributed by atoms with Crippen LogP contribution in [0.3, 0.4) is 0 Å². The van der Waals surface area contributed by atoms with Crippen molar-refractivity contribution in [3.05, 3.63) is 58.3 Å². The molecule has 0 radical (unpaired) electrons. The summed E-state index contributed by atoms with van der Waals surface area (Å²) in [6.07, 6.45) is 0. The maximum Gasteiger partial charge on any atom is 0.140 e. The lowest BCUT2D eigenvalue weighted by atomic mass is 10.0. The van der Waals surface area contributed by atoms with E-state index in [1.165, 1.54) is 21.9 Å². The molecule has 84 valence electrons. The molecular formula is C14H10S3. The minimum Gasteiger partial charge on any atom is -0.123 e. The van der Waals surface area contributed by atoms with Crippen LogP contribution in [0, 0.1) is 0 Å². The number of hydrogen-bond acceptors (Lipinski definition) is 3. The quantitative estimate of drug-likeness (QED) is 0.652. The summed E-state index contributed by atoms with van der Waals surface area (Å²) in [4.78, 5) is 0.